The van der Waals surface area contributed by atoms with Gasteiger partial charge in [0.05, 0.1) is 5.92 Å². The Hall–Kier alpha value is -1.26. The number of carbonyl (C=O) groups is 2. The fraction of sp³-hybridized carbons (Fsp3) is 0.800. The SMILES string of the molecule is CCNC(=O)N1CCC[C@H](C(=O)O)[C@@H]1C. The maximum Gasteiger partial charge on any atom is 0.317 e. The molecule has 0 unspecified atom stereocenters. The number of likely N-dealkylation sites (tertiary alicyclic amines) is 1. The minimum absolute atomic E-state index is 0.157. The molecular formula is C10H18N2O3. The molecule has 0 spiro atoms. The van der Waals surface area contributed by atoms with Gasteiger partial charge >= 0.3 is 12.0 Å². The van der Waals surface area contributed by atoms with Gasteiger partial charge in [-0.2, -0.15) is 0 Å². The number of piperidine rings is 1. The average molecular weight is 214 g/mol. The Balaban J connectivity index is 2.65. The van der Waals surface area contributed by atoms with Gasteiger partial charge in [-0.3, -0.25) is 4.79 Å². The zero-order valence-electron chi connectivity index (χ0n) is 9.19. The second-order valence-corrected chi connectivity index (χ2v) is 3.86. The van der Waals surface area contributed by atoms with E-state index in [1.54, 1.807) is 11.8 Å². The highest BCUT2D eigenvalue weighted by Gasteiger charge is 2.34. The van der Waals surface area contributed by atoms with Crippen LogP contribution in [-0.2, 0) is 4.79 Å². The maximum atomic E-state index is 11.6. The number of aliphatic carboxylic acids is 1. The third-order valence-electron chi connectivity index (χ3n) is 2.89. The third kappa shape index (κ3) is 2.61. The van der Waals surface area contributed by atoms with Crippen LogP contribution in [0.15, 0.2) is 0 Å². The van der Waals surface area contributed by atoms with Gasteiger partial charge in [0, 0.05) is 19.1 Å². The average Bonchev–Trinajstić information content (AvgIpc) is 2.17. The molecule has 2 atom stereocenters. The summed E-state index contributed by atoms with van der Waals surface area (Å²) in [5.41, 5.74) is 0. The Bertz CT molecular complexity index is 255. The number of hydrogen-bond acceptors (Lipinski definition) is 2. The Morgan fingerprint density at radius 3 is 2.73 bits per heavy atom. The Kier molecular flexibility index (Phi) is 3.94. The molecule has 5 heteroatoms. The number of amides is 2. The van der Waals surface area contributed by atoms with E-state index in [1.807, 2.05) is 6.92 Å². The van der Waals surface area contributed by atoms with Crippen LogP contribution in [0.4, 0.5) is 4.79 Å². The first kappa shape index (κ1) is 11.8. The van der Waals surface area contributed by atoms with Crippen LogP contribution in [0, 0.1) is 5.92 Å². The molecule has 2 amide bonds. The van der Waals surface area contributed by atoms with Crippen LogP contribution in [-0.4, -0.2) is 41.1 Å². The van der Waals surface area contributed by atoms with Gasteiger partial charge in [-0.15, -0.1) is 0 Å². The van der Waals surface area contributed by atoms with Crippen molar-refractivity contribution < 1.29 is 14.7 Å². The number of carboxylic acids is 1. The summed E-state index contributed by atoms with van der Waals surface area (Å²) in [5, 5.41) is 11.7. The summed E-state index contributed by atoms with van der Waals surface area (Å²) in [4.78, 5) is 24.1. The lowest BCUT2D eigenvalue weighted by Crippen LogP contribution is -2.52. The van der Waals surface area contributed by atoms with E-state index in [-0.39, 0.29) is 12.1 Å². The summed E-state index contributed by atoms with van der Waals surface area (Å²) < 4.78 is 0. The van der Waals surface area contributed by atoms with Gasteiger partial charge in [-0.05, 0) is 26.7 Å². The maximum absolute atomic E-state index is 11.6. The highest BCUT2D eigenvalue weighted by molar-refractivity contribution is 5.77. The van der Waals surface area contributed by atoms with Crippen molar-refractivity contribution in [3.63, 3.8) is 0 Å². The van der Waals surface area contributed by atoms with Crippen molar-refractivity contribution in [2.75, 3.05) is 13.1 Å². The summed E-state index contributed by atoms with van der Waals surface area (Å²) >= 11 is 0. The highest BCUT2D eigenvalue weighted by atomic mass is 16.4. The molecule has 15 heavy (non-hydrogen) atoms. The van der Waals surface area contributed by atoms with E-state index in [2.05, 4.69) is 5.32 Å². The second-order valence-electron chi connectivity index (χ2n) is 3.86. The quantitative estimate of drug-likeness (QED) is 0.717. The van der Waals surface area contributed by atoms with Gasteiger partial charge in [0.25, 0.3) is 0 Å². The van der Waals surface area contributed by atoms with E-state index in [9.17, 15) is 9.59 Å². The lowest BCUT2D eigenvalue weighted by Gasteiger charge is -2.37. The number of nitrogens with one attached hydrogen (secondary N) is 1. The van der Waals surface area contributed by atoms with E-state index in [1.165, 1.54) is 0 Å². The van der Waals surface area contributed by atoms with E-state index in [0.29, 0.717) is 19.5 Å². The number of carbonyl (C=O) groups excluding carboxylic acids is 1. The fourth-order valence-electron chi connectivity index (χ4n) is 2.01. The van der Waals surface area contributed by atoms with Gasteiger partial charge in [0.1, 0.15) is 0 Å². The molecule has 0 radical (unpaired) electrons. The van der Waals surface area contributed by atoms with Gasteiger partial charge in [-0.1, -0.05) is 0 Å². The molecule has 1 heterocycles. The summed E-state index contributed by atoms with van der Waals surface area (Å²) in [6.45, 7) is 4.87. The normalized spacial score (nSPS) is 26.1. The number of urea groups is 1. The fourth-order valence-corrected chi connectivity index (χ4v) is 2.01. The van der Waals surface area contributed by atoms with Gasteiger partial charge < -0.3 is 15.3 Å². The molecule has 0 saturated carbocycles. The summed E-state index contributed by atoms with van der Waals surface area (Å²) in [7, 11) is 0. The molecule has 1 saturated heterocycles. The minimum atomic E-state index is -0.809. The van der Waals surface area contributed by atoms with Crippen LogP contribution in [0.25, 0.3) is 0 Å². The smallest absolute Gasteiger partial charge is 0.317 e. The summed E-state index contributed by atoms with van der Waals surface area (Å²) in [6, 6.07) is -0.376. The Morgan fingerprint density at radius 1 is 1.53 bits per heavy atom. The zero-order valence-corrected chi connectivity index (χ0v) is 9.19. The first-order valence-corrected chi connectivity index (χ1v) is 5.35. The molecule has 1 aliphatic heterocycles. The molecule has 2 N–H and O–H groups in total. The molecule has 86 valence electrons. The lowest BCUT2D eigenvalue weighted by atomic mass is 9.90. The number of nitrogens with zero attached hydrogens (tertiary/aromatic N) is 1. The largest absolute Gasteiger partial charge is 0.481 e. The number of rotatable bonds is 2. The predicted molar refractivity (Wildman–Crippen MR) is 55.6 cm³/mol. The standard InChI is InChI=1S/C10H18N2O3/c1-3-11-10(15)12-6-4-5-8(7(12)2)9(13)14/h7-8H,3-6H2,1-2H3,(H,11,15)(H,13,14)/t7-,8-/m0/s1. The van der Waals surface area contributed by atoms with Crippen molar-refractivity contribution in [1.29, 1.82) is 0 Å². The van der Waals surface area contributed by atoms with Crippen molar-refractivity contribution in [3.8, 4) is 0 Å². The monoisotopic (exact) mass is 214 g/mol. The Morgan fingerprint density at radius 2 is 2.20 bits per heavy atom. The molecule has 1 rings (SSSR count). The van der Waals surface area contributed by atoms with E-state index in [0.717, 1.165) is 6.42 Å². The third-order valence-corrected chi connectivity index (χ3v) is 2.89. The molecule has 1 fully saturated rings. The number of carboxylic acid groups (broad SMARTS) is 1. The van der Waals surface area contributed by atoms with Crippen molar-refractivity contribution in [2.24, 2.45) is 5.92 Å². The molecule has 1 aliphatic rings. The van der Waals surface area contributed by atoms with Crippen LogP contribution in [0.2, 0.25) is 0 Å². The van der Waals surface area contributed by atoms with Crippen molar-refractivity contribution in [1.82, 2.24) is 10.2 Å². The predicted octanol–water partition coefficient (Wildman–Crippen LogP) is 0.901. The molecule has 0 aromatic carbocycles. The van der Waals surface area contributed by atoms with Gasteiger partial charge in [-0.25, -0.2) is 4.79 Å². The molecule has 5 nitrogen and oxygen atoms in total. The van der Waals surface area contributed by atoms with Crippen LogP contribution in [0.5, 0.6) is 0 Å². The summed E-state index contributed by atoms with van der Waals surface area (Å²) in [5.74, 6) is -1.24. The van der Waals surface area contributed by atoms with Crippen molar-refractivity contribution in [3.05, 3.63) is 0 Å². The highest BCUT2D eigenvalue weighted by Crippen LogP contribution is 2.23. The van der Waals surface area contributed by atoms with Gasteiger partial charge in [0.15, 0.2) is 0 Å². The minimum Gasteiger partial charge on any atom is -0.481 e. The second kappa shape index (κ2) is 5.00. The van der Waals surface area contributed by atoms with Crippen LogP contribution >= 0.6 is 0 Å². The van der Waals surface area contributed by atoms with Crippen LogP contribution in [0.1, 0.15) is 26.7 Å². The first-order valence-electron chi connectivity index (χ1n) is 5.35. The van der Waals surface area contributed by atoms with E-state index < -0.39 is 11.9 Å². The molecule has 0 bridgehead atoms. The lowest BCUT2D eigenvalue weighted by molar-refractivity contribution is -0.144. The zero-order chi connectivity index (χ0) is 11.4. The Labute approximate surface area is 89.4 Å². The van der Waals surface area contributed by atoms with Crippen LogP contribution < -0.4 is 5.32 Å². The van der Waals surface area contributed by atoms with Crippen molar-refractivity contribution in [2.45, 2.75) is 32.7 Å². The van der Waals surface area contributed by atoms with Gasteiger partial charge in [0.2, 0.25) is 0 Å². The first-order chi connectivity index (χ1) is 7.07. The molecular weight excluding hydrogens is 196 g/mol. The summed E-state index contributed by atoms with van der Waals surface area (Å²) in [6.07, 6.45) is 1.42. The topological polar surface area (TPSA) is 69.6 Å². The molecule has 0 aliphatic carbocycles. The van der Waals surface area contributed by atoms with Crippen LogP contribution in [0.3, 0.4) is 0 Å². The van der Waals surface area contributed by atoms with E-state index >= 15 is 0 Å². The number of hydrogen-bond donors (Lipinski definition) is 2. The van der Waals surface area contributed by atoms with E-state index in [4.69, 9.17) is 5.11 Å². The van der Waals surface area contributed by atoms with Crippen molar-refractivity contribution >= 4 is 12.0 Å². The molecule has 0 aromatic heterocycles. The molecule has 0 aromatic rings.